The van der Waals surface area contributed by atoms with Crippen molar-refractivity contribution in [1.29, 1.82) is 0 Å². The number of carbonyl (C=O) groups excluding carboxylic acids is 1. The first-order valence-corrected chi connectivity index (χ1v) is 9.49. The van der Waals surface area contributed by atoms with E-state index in [-0.39, 0.29) is 23.8 Å². The molecule has 2 unspecified atom stereocenters. The van der Waals surface area contributed by atoms with Crippen LogP contribution in [0, 0.1) is 0 Å². The molecule has 0 bridgehead atoms. The minimum Gasteiger partial charge on any atom is -0.481 e. The highest BCUT2D eigenvalue weighted by Gasteiger charge is 2.21. The van der Waals surface area contributed by atoms with E-state index in [0.29, 0.717) is 12.8 Å². The van der Waals surface area contributed by atoms with E-state index in [1.807, 2.05) is 24.3 Å². The highest BCUT2D eigenvalue weighted by molar-refractivity contribution is 5.77. The number of aliphatic carboxylic acids is 1. The fourth-order valence-corrected chi connectivity index (χ4v) is 3.24. The first-order valence-electron chi connectivity index (χ1n) is 9.49. The Bertz CT molecular complexity index is 597. The molecule has 5 heteroatoms. The molecule has 144 valence electrons. The van der Waals surface area contributed by atoms with Crippen molar-refractivity contribution in [1.82, 2.24) is 5.32 Å². The predicted molar refractivity (Wildman–Crippen MR) is 101 cm³/mol. The van der Waals surface area contributed by atoms with Crippen LogP contribution in [0.4, 0.5) is 0 Å². The smallest absolute Gasteiger partial charge is 0.305 e. The molecule has 1 saturated heterocycles. The van der Waals surface area contributed by atoms with Crippen LogP contribution in [0.15, 0.2) is 24.3 Å². The third-order valence-corrected chi connectivity index (χ3v) is 4.86. The minimum atomic E-state index is -0.925. The fraction of sp³-hybridized carbons (Fsp3) is 0.619. The maximum absolute atomic E-state index is 12.3. The molecular formula is C21H31NO4. The summed E-state index contributed by atoms with van der Waals surface area (Å²) in [5.41, 5.74) is 2.03. The second-order valence-electron chi connectivity index (χ2n) is 8.12. The van der Waals surface area contributed by atoms with Crippen molar-refractivity contribution < 1.29 is 19.4 Å². The van der Waals surface area contributed by atoms with Gasteiger partial charge in [-0.2, -0.15) is 0 Å². The Labute approximate surface area is 156 Å². The van der Waals surface area contributed by atoms with Crippen molar-refractivity contribution in [3.8, 4) is 0 Å². The van der Waals surface area contributed by atoms with E-state index < -0.39 is 12.0 Å². The topological polar surface area (TPSA) is 75.6 Å². The molecular weight excluding hydrogens is 330 g/mol. The van der Waals surface area contributed by atoms with E-state index >= 15 is 0 Å². The number of carboxylic acid groups (broad SMARTS) is 1. The number of hydrogen-bond acceptors (Lipinski definition) is 3. The number of carboxylic acids is 1. The molecule has 1 aliphatic rings. The summed E-state index contributed by atoms with van der Waals surface area (Å²) in [5.74, 6) is -1.05. The third-order valence-electron chi connectivity index (χ3n) is 4.86. The molecule has 5 nitrogen and oxygen atoms in total. The van der Waals surface area contributed by atoms with Crippen molar-refractivity contribution in [3.63, 3.8) is 0 Å². The highest BCUT2D eigenvalue weighted by Crippen LogP contribution is 2.25. The summed E-state index contributed by atoms with van der Waals surface area (Å²) in [6.45, 7) is 7.16. The molecule has 1 aromatic rings. The van der Waals surface area contributed by atoms with Crippen molar-refractivity contribution in [2.45, 2.75) is 76.9 Å². The van der Waals surface area contributed by atoms with Crippen LogP contribution >= 0.6 is 0 Å². The summed E-state index contributed by atoms with van der Waals surface area (Å²) in [4.78, 5) is 23.5. The van der Waals surface area contributed by atoms with Gasteiger partial charge in [0.1, 0.15) is 0 Å². The van der Waals surface area contributed by atoms with Gasteiger partial charge in [0.25, 0.3) is 0 Å². The van der Waals surface area contributed by atoms with Gasteiger partial charge in [-0.25, -0.2) is 0 Å². The molecule has 2 atom stereocenters. The van der Waals surface area contributed by atoms with Crippen LogP contribution in [-0.2, 0) is 19.7 Å². The van der Waals surface area contributed by atoms with Crippen LogP contribution in [0.5, 0.6) is 0 Å². The van der Waals surface area contributed by atoms with Gasteiger partial charge in [0.2, 0.25) is 5.91 Å². The number of hydrogen-bond donors (Lipinski definition) is 2. The molecule has 0 saturated carbocycles. The van der Waals surface area contributed by atoms with Crippen molar-refractivity contribution >= 4 is 11.9 Å². The maximum Gasteiger partial charge on any atom is 0.305 e. The van der Waals surface area contributed by atoms with E-state index in [4.69, 9.17) is 4.74 Å². The Kier molecular flexibility index (Phi) is 7.21. The molecule has 0 aliphatic carbocycles. The summed E-state index contributed by atoms with van der Waals surface area (Å²) in [7, 11) is 0. The summed E-state index contributed by atoms with van der Waals surface area (Å²) in [6, 6.07) is 7.33. The first-order chi connectivity index (χ1) is 12.3. The lowest BCUT2D eigenvalue weighted by atomic mass is 9.86. The molecule has 2 rings (SSSR count). The van der Waals surface area contributed by atoms with Crippen LogP contribution in [0.2, 0.25) is 0 Å². The Morgan fingerprint density at radius 1 is 1.23 bits per heavy atom. The number of nitrogens with one attached hydrogen (secondary N) is 1. The molecule has 1 aliphatic heterocycles. The van der Waals surface area contributed by atoms with Gasteiger partial charge in [0.05, 0.1) is 18.6 Å². The number of rotatable bonds is 7. The van der Waals surface area contributed by atoms with Crippen molar-refractivity contribution in [2.75, 3.05) is 6.61 Å². The van der Waals surface area contributed by atoms with Gasteiger partial charge in [0, 0.05) is 13.0 Å². The summed E-state index contributed by atoms with van der Waals surface area (Å²) in [5, 5.41) is 12.1. The number of carbonyl (C=O) groups is 2. The molecule has 1 fully saturated rings. The van der Waals surface area contributed by atoms with Gasteiger partial charge in [-0.3, -0.25) is 9.59 Å². The normalized spacial score (nSPS) is 19.0. The van der Waals surface area contributed by atoms with E-state index in [2.05, 4.69) is 26.1 Å². The SMILES string of the molecule is CC(C)(C)c1ccc(C(CC(=O)O)NC(=O)CCC2CCCCO2)cc1. The van der Waals surface area contributed by atoms with Gasteiger partial charge in [-0.05, 0) is 42.2 Å². The number of ether oxygens (including phenoxy) is 1. The van der Waals surface area contributed by atoms with Crippen LogP contribution in [0.3, 0.4) is 0 Å². The monoisotopic (exact) mass is 361 g/mol. The average Bonchev–Trinajstić information content (AvgIpc) is 2.59. The van der Waals surface area contributed by atoms with E-state index in [1.54, 1.807) is 0 Å². The fourth-order valence-electron chi connectivity index (χ4n) is 3.24. The predicted octanol–water partition coefficient (Wildman–Crippen LogP) is 3.97. The van der Waals surface area contributed by atoms with Crippen LogP contribution in [0.1, 0.15) is 76.5 Å². The van der Waals surface area contributed by atoms with E-state index in [1.165, 1.54) is 5.56 Å². The molecule has 2 N–H and O–H groups in total. The number of amides is 1. The van der Waals surface area contributed by atoms with Crippen LogP contribution < -0.4 is 5.32 Å². The van der Waals surface area contributed by atoms with Gasteiger partial charge in [-0.15, -0.1) is 0 Å². The zero-order chi connectivity index (χ0) is 19.2. The van der Waals surface area contributed by atoms with Gasteiger partial charge < -0.3 is 15.2 Å². The second-order valence-corrected chi connectivity index (χ2v) is 8.12. The standard InChI is InChI=1S/C21H31NO4/c1-21(2,3)16-9-7-15(8-10-16)18(14-20(24)25)22-19(23)12-11-17-6-4-5-13-26-17/h7-10,17-18H,4-6,11-14H2,1-3H3,(H,22,23)(H,24,25). The molecule has 0 aromatic heterocycles. The van der Waals surface area contributed by atoms with E-state index in [0.717, 1.165) is 31.4 Å². The average molecular weight is 361 g/mol. The molecule has 0 spiro atoms. The second kappa shape index (κ2) is 9.17. The molecule has 26 heavy (non-hydrogen) atoms. The van der Waals surface area contributed by atoms with Gasteiger partial charge in [0.15, 0.2) is 0 Å². The number of benzene rings is 1. The summed E-state index contributed by atoms with van der Waals surface area (Å²) >= 11 is 0. The zero-order valence-corrected chi connectivity index (χ0v) is 16.1. The first kappa shape index (κ1) is 20.4. The minimum absolute atomic E-state index is 0.0318. The van der Waals surface area contributed by atoms with Crippen LogP contribution in [-0.4, -0.2) is 29.7 Å². The Morgan fingerprint density at radius 2 is 1.92 bits per heavy atom. The lowest BCUT2D eigenvalue weighted by Gasteiger charge is -2.23. The molecule has 0 radical (unpaired) electrons. The quantitative estimate of drug-likeness (QED) is 0.771. The summed E-state index contributed by atoms with van der Waals surface area (Å²) < 4.78 is 5.65. The maximum atomic E-state index is 12.3. The zero-order valence-electron chi connectivity index (χ0n) is 16.1. The van der Waals surface area contributed by atoms with Crippen molar-refractivity contribution in [2.24, 2.45) is 0 Å². The Hall–Kier alpha value is -1.88. The largest absolute Gasteiger partial charge is 0.481 e. The van der Waals surface area contributed by atoms with Crippen molar-refractivity contribution in [3.05, 3.63) is 35.4 Å². The lowest BCUT2D eigenvalue weighted by molar-refractivity contribution is -0.137. The van der Waals surface area contributed by atoms with Crippen LogP contribution in [0.25, 0.3) is 0 Å². The van der Waals surface area contributed by atoms with Gasteiger partial charge >= 0.3 is 5.97 Å². The summed E-state index contributed by atoms with van der Waals surface area (Å²) in [6.07, 6.45) is 4.32. The van der Waals surface area contributed by atoms with E-state index in [9.17, 15) is 14.7 Å². The highest BCUT2D eigenvalue weighted by atomic mass is 16.5. The lowest BCUT2D eigenvalue weighted by Crippen LogP contribution is -2.31. The molecule has 1 amide bonds. The Balaban J connectivity index is 1.97. The Morgan fingerprint density at radius 3 is 2.46 bits per heavy atom. The van der Waals surface area contributed by atoms with Gasteiger partial charge in [-0.1, -0.05) is 45.0 Å². The molecule has 1 heterocycles. The molecule has 1 aromatic carbocycles. The third kappa shape index (κ3) is 6.45.